The first-order valence-electron chi connectivity index (χ1n) is 10.2. The van der Waals surface area contributed by atoms with Crippen molar-refractivity contribution < 1.29 is 13.2 Å². The van der Waals surface area contributed by atoms with Crippen molar-refractivity contribution in [3.8, 4) is 0 Å². The molecular weight excluding hydrogens is 491 g/mol. The molecule has 0 radical (unpaired) electrons. The Morgan fingerprint density at radius 2 is 1.88 bits per heavy atom. The molecule has 0 atom stereocenters. The third kappa shape index (κ3) is 4.49. The number of nitrogens with one attached hydrogen (secondary N) is 2. The molecule has 0 saturated heterocycles. The van der Waals surface area contributed by atoms with Crippen molar-refractivity contribution in [1.29, 1.82) is 0 Å². The van der Waals surface area contributed by atoms with Crippen molar-refractivity contribution >= 4 is 33.3 Å². The maximum Gasteiger partial charge on any atom is 0.416 e. The number of aromatic nitrogens is 5. The first-order chi connectivity index (χ1) is 16.0. The molecule has 8 nitrogen and oxygen atoms in total. The normalized spacial score (nSPS) is 12.2. The van der Waals surface area contributed by atoms with Crippen LogP contribution in [0.3, 0.4) is 0 Å². The molecule has 180 valence electrons. The number of halogens is 3. The summed E-state index contributed by atoms with van der Waals surface area (Å²) in [4.78, 5) is 41.2. The number of alkyl halides is 3. The first-order valence-corrected chi connectivity index (χ1v) is 11.8. The Morgan fingerprint density at radius 1 is 1.18 bits per heavy atom. The van der Waals surface area contributed by atoms with Crippen molar-refractivity contribution in [3.05, 3.63) is 71.6 Å². The predicted octanol–water partition coefficient (Wildman–Crippen LogP) is 3.59. The van der Waals surface area contributed by atoms with E-state index in [1.165, 1.54) is 29.8 Å². The second-order valence-electron chi connectivity index (χ2n) is 8.10. The highest BCUT2D eigenvalue weighted by Crippen LogP contribution is 2.41. The lowest BCUT2D eigenvalue weighted by Gasteiger charge is -2.12. The summed E-state index contributed by atoms with van der Waals surface area (Å²) < 4.78 is 43.3. The second-order valence-corrected chi connectivity index (χ2v) is 10.2. The summed E-state index contributed by atoms with van der Waals surface area (Å²) in [6.07, 6.45) is -4.67. The van der Waals surface area contributed by atoms with Gasteiger partial charge < -0.3 is 0 Å². The van der Waals surface area contributed by atoms with Crippen LogP contribution in [0.1, 0.15) is 29.9 Å². The Labute approximate surface area is 198 Å². The summed E-state index contributed by atoms with van der Waals surface area (Å²) in [5, 5.41) is 6.46. The zero-order chi connectivity index (χ0) is 24.8. The number of H-pyrrole nitrogens is 2. The van der Waals surface area contributed by atoms with Crippen molar-refractivity contribution in [3.63, 3.8) is 0 Å². The predicted molar refractivity (Wildman–Crippen MR) is 124 cm³/mol. The van der Waals surface area contributed by atoms with Crippen molar-refractivity contribution in [2.75, 3.05) is 0 Å². The van der Waals surface area contributed by atoms with Gasteiger partial charge in [-0.15, -0.1) is 16.4 Å². The fraction of sp³-hybridized carbons (Fsp3) is 0.333. The summed E-state index contributed by atoms with van der Waals surface area (Å²) in [5.41, 5.74) is -2.36. The number of hydrogen-bond donors (Lipinski definition) is 2. The molecule has 2 N–H and O–H groups in total. The fourth-order valence-electron chi connectivity index (χ4n) is 3.63. The fourth-order valence-corrected chi connectivity index (χ4v) is 6.05. The van der Waals surface area contributed by atoms with E-state index in [-0.39, 0.29) is 28.4 Å². The van der Waals surface area contributed by atoms with Crippen LogP contribution in [0.2, 0.25) is 0 Å². The molecule has 0 aliphatic carbocycles. The number of nitrogens with zero attached hydrogens (tertiary/aromatic N) is 3. The van der Waals surface area contributed by atoms with Crippen LogP contribution in [-0.2, 0) is 26.2 Å². The van der Waals surface area contributed by atoms with E-state index in [1.54, 1.807) is 0 Å². The van der Waals surface area contributed by atoms with Gasteiger partial charge in [-0.05, 0) is 29.3 Å². The van der Waals surface area contributed by atoms with E-state index in [2.05, 4.69) is 15.2 Å². The van der Waals surface area contributed by atoms with Gasteiger partial charge >= 0.3 is 17.6 Å². The smallest absolute Gasteiger partial charge is 0.284 e. The molecule has 0 amide bonds. The topological polar surface area (TPSA) is 106 Å². The first kappa shape index (κ1) is 24.1. The molecule has 3 aromatic heterocycles. The Bertz CT molecular complexity index is 1540. The lowest BCUT2D eigenvalue weighted by Crippen LogP contribution is -2.38. The summed E-state index contributed by atoms with van der Waals surface area (Å²) in [6, 6.07) is 5.23. The van der Waals surface area contributed by atoms with E-state index in [0.717, 1.165) is 33.7 Å². The highest BCUT2D eigenvalue weighted by molar-refractivity contribution is 7.99. The molecule has 0 fully saturated rings. The van der Waals surface area contributed by atoms with E-state index in [4.69, 9.17) is 0 Å². The number of hydrogen-bond acceptors (Lipinski definition) is 6. The van der Waals surface area contributed by atoms with Crippen molar-refractivity contribution in [2.24, 2.45) is 13.0 Å². The van der Waals surface area contributed by atoms with Gasteiger partial charge in [-0.3, -0.25) is 18.9 Å². The molecule has 3 heterocycles. The molecule has 13 heteroatoms. The summed E-state index contributed by atoms with van der Waals surface area (Å²) >= 11 is 2.06. The van der Waals surface area contributed by atoms with Gasteiger partial charge in [-0.25, -0.2) is 14.7 Å². The highest BCUT2D eigenvalue weighted by Gasteiger charge is 2.33. The van der Waals surface area contributed by atoms with Gasteiger partial charge in [0, 0.05) is 29.8 Å². The van der Waals surface area contributed by atoms with E-state index < -0.39 is 28.7 Å². The average Bonchev–Trinajstić information content (AvgIpc) is 3.33. The molecule has 0 bridgehead atoms. The van der Waals surface area contributed by atoms with Crippen LogP contribution in [0, 0.1) is 5.92 Å². The SMILES string of the molecule is CC(C)Cn1c(=O)n(C)c(=O)c2c(Sc3n[nH]c(=O)[nH]3)c(Cc3ccccc3C(F)(F)F)sc21. The molecule has 0 spiro atoms. The third-order valence-electron chi connectivity index (χ3n) is 5.10. The maximum atomic E-state index is 13.6. The highest BCUT2D eigenvalue weighted by atomic mass is 32.2. The van der Waals surface area contributed by atoms with Crippen LogP contribution >= 0.6 is 23.1 Å². The maximum absolute atomic E-state index is 13.6. The second kappa shape index (κ2) is 8.95. The van der Waals surface area contributed by atoms with Crippen LogP contribution < -0.4 is 16.9 Å². The van der Waals surface area contributed by atoms with Crippen LogP contribution in [0.25, 0.3) is 10.2 Å². The van der Waals surface area contributed by atoms with Gasteiger partial charge in [-0.1, -0.05) is 32.0 Å². The minimum Gasteiger partial charge on any atom is -0.284 e. The molecule has 4 aromatic rings. The number of aromatic amines is 2. The Balaban J connectivity index is 2.00. The molecule has 0 aliphatic rings. The van der Waals surface area contributed by atoms with Gasteiger partial charge in [0.1, 0.15) is 4.83 Å². The van der Waals surface area contributed by atoms with Crippen LogP contribution in [0.15, 0.2) is 48.7 Å². The van der Waals surface area contributed by atoms with Gasteiger partial charge in [-0.2, -0.15) is 13.2 Å². The largest absolute Gasteiger partial charge is 0.416 e. The minimum atomic E-state index is -4.55. The van der Waals surface area contributed by atoms with Crippen LogP contribution in [0.5, 0.6) is 0 Å². The van der Waals surface area contributed by atoms with E-state index in [0.29, 0.717) is 21.1 Å². The molecule has 0 saturated carbocycles. The minimum absolute atomic E-state index is 0.0357. The van der Waals surface area contributed by atoms with Gasteiger partial charge in [0.05, 0.1) is 10.9 Å². The van der Waals surface area contributed by atoms with Crippen molar-refractivity contribution in [1.82, 2.24) is 24.3 Å². The molecule has 0 aliphatic heterocycles. The lowest BCUT2D eigenvalue weighted by atomic mass is 10.0. The Kier molecular flexibility index (Phi) is 6.34. The number of thiophene rings is 1. The zero-order valence-corrected chi connectivity index (χ0v) is 20.0. The van der Waals surface area contributed by atoms with Crippen molar-refractivity contribution in [2.45, 2.75) is 43.0 Å². The Hall–Kier alpha value is -3.06. The van der Waals surface area contributed by atoms with E-state index in [9.17, 15) is 27.6 Å². The number of fused-ring (bicyclic) bond motifs is 1. The summed E-state index contributed by atoms with van der Waals surface area (Å²) in [5.74, 6) is 0.0775. The average molecular weight is 512 g/mol. The molecule has 34 heavy (non-hydrogen) atoms. The summed E-state index contributed by atoms with van der Waals surface area (Å²) in [7, 11) is 1.36. The molecular formula is C21H20F3N5O3S2. The quantitative estimate of drug-likeness (QED) is 0.412. The van der Waals surface area contributed by atoms with Gasteiger partial charge in [0.2, 0.25) is 0 Å². The van der Waals surface area contributed by atoms with E-state index in [1.807, 2.05) is 13.8 Å². The van der Waals surface area contributed by atoms with Crippen LogP contribution in [-0.4, -0.2) is 24.3 Å². The lowest BCUT2D eigenvalue weighted by molar-refractivity contribution is -0.138. The standard InChI is InChI=1S/C21H20F3N5O3S2/c1-10(2)9-29-17-14(16(30)28(3)20(29)32)15(34-19-25-18(31)26-27-19)13(33-17)8-11-6-4-5-7-12(11)21(22,23)24/h4-7,10H,8-9H2,1-3H3,(H2,25,26,27,31). The molecule has 1 aromatic carbocycles. The van der Waals surface area contributed by atoms with Gasteiger partial charge in [0.25, 0.3) is 5.56 Å². The summed E-state index contributed by atoms with van der Waals surface area (Å²) in [6.45, 7) is 4.16. The Morgan fingerprint density at radius 3 is 2.50 bits per heavy atom. The molecule has 0 unspecified atom stereocenters. The number of rotatable bonds is 6. The third-order valence-corrected chi connectivity index (χ3v) is 7.48. The van der Waals surface area contributed by atoms with E-state index >= 15 is 0 Å². The van der Waals surface area contributed by atoms with Crippen LogP contribution in [0.4, 0.5) is 13.2 Å². The monoisotopic (exact) mass is 511 g/mol. The number of benzene rings is 1. The zero-order valence-electron chi connectivity index (χ0n) is 18.3. The van der Waals surface area contributed by atoms with Gasteiger partial charge in [0.15, 0.2) is 5.16 Å². The molecule has 4 rings (SSSR count).